The SMILES string of the molecule is CCOc1ccc(F)cc1-c1nc(-c2ccc(Cl)cc2)nc(OC2(C(=O)O)CC2)c1C. The molecule has 1 fully saturated rings. The molecule has 1 heterocycles. The van der Waals surface area contributed by atoms with E-state index in [9.17, 15) is 14.3 Å². The Hall–Kier alpha value is -3.19. The van der Waals surface area contributed by atoms with E-state index in [1.54, 1.807) is 31.2 Å². The van der Waals surface area contributed by atoms with Gasteiger partial charge in [0.15, 0.2) is 5.82 Å². The van der Waals surface area contributed by atoms with Gasteiger partial charge < -0.3 is 14.6 Å². The zero-order valence-corrected chi connectivity index (χ0v) is 17.7. The number of carboxylic acids is 1. The summed E-state index contributed by atoms with van der Waals surface area (Å²) in [5.74, 6) is -0.586. The quantitative estimate of drug-likeness (QED) is 0.534. The average molecular weight is 443 g/mol. The van der Waals surface area contributed by atoms with Gasteiger partial charge in [-0.3, -0.25) is 0 Å². The predicted octanol–water partition coefficient (Wildman–Crippen LogP) is 5.31. The molecule has 8 heteroatoms. The van der Waals surface area contributed by atoms with E-state index in [1.165, 1.54) is 18.2 Å². The fraction of sp³-hybridized carbons (Fsp3) is 0.261. The maximum atomic E-state index is 14.1. The number of rotatable bonds is 7. The Kier molecular flexibility index (Phi) is 5.54. The van der Waals surface area contributed by atoms with Crippen LogP contribution in [0.25, 0.3) is 22.6 Å². The first kappa shape index (κ1) is 21.1. The molecule has 0 amide bonds. The van der Waals surface area contributed by atoms with E-state index < -0.39 is 17.4 Å². The molecular formula is C23H20ClFN2O4. The molecule has 0 unspecified atom stereocenters. The number of carbonyl (C=O) groups is 1. The summed E-state index contributed by atoms with van der Waals surface area (Å²) < 4.78 is 25.7. The molecule has 4 rings (SSSR count). The lowest BCUT2D eigenvalue weighted by molar-refractivity contribution is -0.147. The van der Waals surface area contributed by atoms with Crippen molar-refractivity contribution in [1.82, 2.24) is 9.97 Å². The summed E-state index contributed by atoms with van der Waals surface area (Å²) >= 11 is 6.00. The third kappa shape index (κ3) is 4.18. The molecule has 0 saturated heterocycles. The highest BCUT2D eigenvalue weighted by Crippen LogP contribution is 2.43. The first-order valence-electron chi connectivity index (χ1n) is 9.82. The lowest BCUT2D eigenvalue weighted by Gasteiger charge is -2.18. The fourth-order valence-electron chi connectivity index (χ4n) is 3.21. The van der Waals surface area contributed by atoms with E-state index in [2.05, 4.69) is 9.97 Å². The Morgan fingerprint density at radius 2 is 1.90 bits per heavy atom. The van der Waals surface area contributed by atoms with Crippen molar-refractivity contribution in [2.75, 3.05) is 6.61 Å². The molecule has 0 atom stereocenters. The van der Waals surface area contributed by atoms with Gasteiger partial charge in [0.1, 0.15) is 11.6 Å². The van der Waals surface area contributed by atoms with Crippen LogP contribution in [0.2, 0.25) is 5.02 Å². The fourth-order valence-corrected chi connectivity index (χ4v) is 3.34. The van der Waals surface area contributed by atoms with E-state index in [0.29, 0.717) is 58.4 Å². The Morgan fingerprint density at radius 1 is 1.19 bits per heavy atom. The first-order valence-corrected chi connectivity index (χ1v) is 10.2. The van der Waals surface area contributed by atoms with Gasteiger partial charge in [-0.05, 0) is 56.3 Å². The standard InChI is InChI=1S/C23H20ClFN2O4/c1-3-30-18-9-8-16(25)12-17(18)19-13(2)21(31-23(10-11-23)22(28)29)27-20(26-19)14-4-6-15(24)7-5-14/h4-9,12H,3,10-11H2,1-2H3,(H,28,29). The summed E-state index contributed by atoms with van der Waals surface area (Å²) in [5.41, 5.74) is 0.695. The second-order valence-electron chi connectivity index (χ2n) is 7.31. The molecular weight excluding hydrogens is 423 g/mol. The van der Waals surface area contributed by atoms with Crippen LogP contribution in [0.3, 0.4) is 0 Å². The van der Waals surface area contributed by atoms with Gasteiger partial charge in [0, 0.05) is 34.6 Å². The van der Waals surface area contributed by atoms with Gasteiger partial charge in [0.05, 0.1) is 12.3 Å². The number of halogens is 2. The number of aliphatic carboxylic acids is 1. The van der Waals surface area contributed by atoms with Crippen LogP contribution in [-0.4, -0.2) is 33.3 Å². The highest BCUT2D eigenvalue weighted by molar-refractivity contribution is 6.30. The maximum absolute atomic E-state index is 14.1. The molecule has 0 spiro atoms. The maximum Gasteiger partial charge on any atom is 0.348 e. The van der Waals surface area contributed by atoms with Gasteiger partial charge in [0.25, 0.3) is 0 Å². The summed E-state index contributed by atoms with van der Waals surface area (Å²) in [6.45, 7) is 3.94. The third-order valence-electron chi connectivity index (χ3n) is 5.09. The summed E-state index contributed by atoms with van der Waals surface area (Å²) in [6, 6.07) is 11.1. The van der Waals surface area contributed by atoms with Gasteiger partial charge in [0.2, 0.25) is 11.5 Å². The minimum Gasteiger partial charge on any atom is -0.493 e. The molecule has 160 valence electrons. The smallest absolute Gasteiger partial charge is 0.348 e. The highest BCUT2D eigenvalue weighted by atomic mass is 35.5. The zero-order valence-electron chi connectivity index (χ0n) is 17.0. The van der Waals surface area contributed by atoms with Crippen molar-refractivity contribution >= 4 is 17.6 Å². The van der Waals surface area contributed by atoms with Crippen molar-refractivity contribution < 1.29 is 23.8 Å². The molecule has 0 aliphatic heterocycles. The second-order valence-corrected chi connectivity index (χ2v) is 7.74. The topological polar surface area (TPSA) is 81.5 Å². The summed E-state index contributed by atoms with van der Waals surface area (Å²) in [4.78, 5) is 20.8. The van der Waals surface area contributed by atoms with Crippen molar-refractivity contribution in [1.29, 1.82) is 0 Å². The van der Waals surface area contributed by atoms with E-state index in [4.69, 9.17) is 21.1 Å². The first-order chi connectivity index (χ1) is 14.8. The molecule has 0 radical (unpaired) electrons. The van der Waals surface area contributed by atoms with E-state index in [0.717, 1.165) is 0 Å². The minimum atomic E-state index is -1.29. The number of benzene rings is 2. The third-order valence-corrected chi connectivity index (χ3v) is 5.34. The number of aromatic nitrogens is 2. The van der Waals surface area contributed by atoms with Crippen LogP contribution < -0.4 is 9.47 Å². The number of carboxylic acid groups (broad SMARTS) is 1. The number of ether oxygens (including phenoxy) is 2. The Balaban J connectivity index is 1.91. The van der Waals surface area contributed by atoms with Gasteiger partial charge in [-0.2, -0.15) is 4.98 Å². The predicted molar refractivity (Wildman–Crippen MR) is 114 cm³/mol. The lowest BCUT2D eigenvalue weighted by atomic mass is 10.1. The van der Waals surface area contributed by atoms with Crippen molar-refractivity contribution in [2.45, 2.75) is 32.3 Å². The Labute approximate surface area is 183 Å². The van der Waals surface area contributed by atoms with Crippen molar-refractivity contribution in [2.24, 2.45) is 0 Å². The van der Waals surface area contributed by atoms with E-state index in [-0.39, 0.29) is 5.88 Å². The van der Waals surface area contributed by atoms with E-state index >= 15 is 0 Å². The average Bonchev–Trinajstić information content (AvgIpc) is 3.53. The monoisotopic (exact) mass is 442 g/mol. The van der Waals surface area contributed by atoms with Crippen LogP contribution in [0.1, 0.15) is 25.3 Å². The molecule has 1 aliphatic rings. The largest absolute Gasteiger partial charge is 0.493 e. The van der Waals surface area contributed by atoms with Crippen molar-refractivity contribution in [3.63, 3.8) is 0 Å². The molecule has 3 aromatic rings. The normalized spacial score (nSPS) is 14.2. The number of nitrogens with zero attached hydrogens (tertiary/aromatic N) is 2. The summed E-state index contributed by atoms with van der Waals surface area (Å²) in [5, 5.41) is 10.1. The van der Waals surface area contributed by atoms with Crippen LogP contribution in [0.4, 0.5) is 4.39 Å². The zero-order chi connectivity index (χ0) is 22.2. The van der Waals surface area contributed by atoms with Crippen molar-refractivity contribution in [3.8, 4) is 34.3 Å². The van der Waals surface area contributed by atoms with Crippen LogP contribution in [0.15, 0.2) is 42.5 Å². The summed E-state index contributed by atoms with van der Waals surface area (Å²) in [6.07, 6.45) is 0.781. The molecule has 1 saturated carbocycles. The minimum absolute atomic E-state index is 0.140. The molecule has 31 heavy (non-hydrogen) atoms. The van der Waals surface area contributed by atoms with Gasteiger partial charge in [-0.15, -0.1) is 0 Å². The van der Waals surface area contributed by atoms with Crippen LogP contribution in [-0.2, 0) is 4.79 Å². The van der Waals surface area contributed by atoms with Crippen LogP contribution in [0.5, 0.6) is 11.6 Å². The second kappa shape index (κ2) is 8.15. The van der Waals surface area contributed by atoms with E-state index in [1.807, 2.05) is 6.92 Å². The molecule has 1 aliphatic carbocycles. The Bertz CT molecular complexity index is 1150. The molecule has 2 aromatic carbocycles. The highest BCUT2D eigenvalue weighted by Gasteiger charge is 2.54. The van der Waals surface area contributed by atoms with Gasteiger partial charge in [-0.25, -0.2) is 14.2 Å². The molecule has 0 bridgehead atoms. The van der Waals surface area contributed by atoms with Crippen LogP contribution in [0, 0.1) is 12.7 Å². The molecule has 1 N–H and O–H groups in total. The van der Waals surface area contributed by atoms with Gasteiger partial charge >= 0.3 is 5.97 Å². The van der Waals surface area contributed by atoms with Crippen LogP contribution >= 0.6 is 11.6 Å². The van der Waals surface area contributed by atoms with Gasteiger partial charge in [-0.1, -0.05) is 11.6 Å². The summed E-state index contributed by atoms with van der Waals surface area (Å²) in [7, 11) is 0. The number of hydrogen-bond donors (Lipinski definition) is 1. The molecule has 6 nitrogen and oxygen atoms in total. The Morgan fingerprint density at radius 3 is 2.52 bits per heavy atom. The molecule has 1 aromatic heterocycles. The lowest BCUT2D eigenvalue weighted by Crippen LogP contribution is -2.30. The number of hydrogen-bond acceptors (Lipinski definition) is 5. The van der Waals surface area contributed by atoms with Crippen molar-refractivity contribution in [3.05, 3.63) is 58.9 Å².